The van der Waals surface area contributed by atoms with E-state index in [2.05, 4.69) is 72.7 Å². The van der Waals surface area contributed by atoms with E-state index >= 15 is 0 Å². The molecule has 3 aromatic carbocycles. The Bertz CT molecular complexity index is 1220. The van der Waals surface area contributed by atoms with Crippen molar-refractivity contribution in [2.75, 3.05) is 12.3 Å². The van der Waals surface area contributed by atoms with Crippen LogP contribution in [-0.4, -0.2) is 12.2 Å². The summed E-state index contributed by atoms with van der Waals surface area (Å²) < 4.78 is 12.4. The van der Waals surface area contributed by atoms with Gasteiger partial charge in [0, 0.05) is 16.3 Å². The molecule has 4 heteroatoms. The Morgan fingerprint density at radius 1 is 0.971 bits per heavy atom. The van der Waals surface area contributed by atoms with E-state index in [1.54, 1.807) is 0 Å². The van der Waals surface area contributed by atoms with E-state index in [1.807, 2.05) is 12.1 Å². The van der Waals surface area contributed by atoms with Crippen LogP contribution in [0.5, 0.6) is 5.75 Å². The third-order valence-corrected chi connectivity index (χ3v) is 6.78. The molecule has 0 bridgehead atoms. The van der Waals surface area contributed by atoms with Crippen LogP contribution in [0.15, 0.2) is 36.4 Å². The van der Waals surface area contributed by atoms with Gasteiger partial charge in [0.15, 0.2) is 0 Å². The average Bonchev–Trinajstić information content (AvgIpc) is 2.74. The second kappa shape index (κ2) is 9.28. The molecule has 1 unspecified atom stereocenters. The number of rotatable bonds is 4. The van der Waals surface area contributed by atoms with Gasteiger partial charge in [0.25, 0.3) is 0 Å². The van der Waals surface area contributed by atoms with E-state index in [1.165, 1.54) is 16.7 Å². The number of aryl methyl sites for hydroxylation is 2. The first-order chi connectivity index (χ1) is 16.0. The Hall–Kier alpha value is -2.49. The van der Waals surface area contributed by atoms with Crippen molar-refractivity contribution in [3.05, 3.63) is 69.2 Å². The summed E-state index contributed by atoms with van der Waals surface area (Å²) in [5.41, 5.74) is 17.5. The summed E-state index contributed by atoms with van der Waals surface area (Å²) in [5.74, 6) is 0.992. The van der Waals surface area contributed by atoms with Crippen LogP contribution in [0.25, 0.3) is 22.3 Å². The van der Waals surface area contributed by atoms with Gasteiger partial charge in [0.2, 0.25) is 0 Å². The molecule has 2 N–H and O–H groups in total. The third-order valence-electron chi connectivity index (χ3n) is 6.56. The number of benzene rings is 3. The largest absolute Gasteiger partial charge is 0.493 e. The Morgan fingerprint density at radius 2 is 1.71 bits per heavy atom. The zero-order chi connectivity index (χ0) is 24.8. The zero-order valence-corrected chi connectivity index (χ0v) is 22.2. The predicted molar refractivity (Wildman–Crippen MR) is 144 cm³/mol. The molecule has 3 aromatic rings. The Morgan fingerprint density at radius 3 is 2.38 bits per heavy atom. The van der Waals surface area contributed by atoms with Gasteiger partial charge in [-0.15, -0.1) is 0 Å². The minimum Gasteiger partial charge on any atom is -0.493 e. The van der Waals surface area contributed by atoms with Crippen LogP contribution in [0.3, 0.4) is 0 Å². The summed E-state index contributed by atoms with van der Waals surface area (Å²) in [6.45, 7) is 15.5. The van der Waals surface area contributed by atoms with Crippen LogP contribution in [-0.2, 0) is 11.2 Å². The molecule has 0 aliphatic carbocycles. The minimum atomic E-state index is -0.280. The smallest absolute Gasteiger partial charge is 0.122 e. The number of hydrogen-bond donors (Lipinski definition) is 1. The van der Waals surface area contributed by atoms with Crippen molar-refractivity contribution >= 4 is 17.3 Å². The monoisotopic (exact) mass is 477 g/mol. The molecule has 3 nitrogen and oxygen atoms in total. The lowest BCUT2D eigenvalue weighted by atomic mass is 9.82. The first-order valence-electron chi connectivity index (χ1n) is 12.1. The number of nitrogens with two attached hydrogens (primary N) is 1. The summed E-state index contributed by atoms with van der Waals surface area (Å²) in [7, 11) is 0. The molecule has 0 radical (unpaired) electrons. The van der Waals surface area contributed by atoms with Gasteiger partial charge in [-0.1, -0.05) is 23.7 Å². The van der Waals surface area contributed by atoms with E-state index in [0.717, 1.165) is 64.3 Å². The summed E-state index contributed by atoms with van der Waals surface area (Å²) in [6.07, 6.45) is 1.94. The molecule has 1 aliphatic rings. The average molecular weight is 478 g/mol. The van der Waals surface area contributed by atoms with Crippen LogP contribution in [0, 0.1) is 20.8 Å². The molecule has 0 amide bonds. The van der Waals surface area contributed by atoms with Gasteiger partial charge in [-0.3, -0.25) is 0 Å². The molecule has 1 aliphatic heterocycles. The fourth-order valence-corrected chi connectivity index (χ4v) is 5.58. The van der Waals surface area contributed by atoms with Crippen LogP contribution in [0.2, 0.25) is 5.02 Å². The molecular weight excluding hydrogens is 442 g/mol. The van der Waals surface area contributed by atoms with Crippen molar-refractivity contribution in [2.24, 2.45) is 0 Å². The fraction of sp³-hybridized carbons (Fsp3) is 0.400. The van der Waals surface area contributed by atoms with Gasteiger partial charge in [-0.25, -0.2) is 0 Å². The quantitative estimate of drug-likeness (QED) is 0.383. The lowest BCUT2D eigenvalue weighted by molar-refractivity contribution is -0.0529. The van der Waals surface area contributed by atoms with Crippen molar-refractivity contribution in [3.63, 3.8) is 0 Å². The Labute approximate surface area is 209 Å². The highest BCUT2D eigenvalue weighted by Gasteiger charge is 2.27. The standard InChI is InChI=1S/C30H36ClNO2/c1-17-13-23(16-24(31)14-17)28-18(2)27(22-10-11-25-21(15-22)9-8-12-33-25)26(19(3)29(28)32)20(4)34-30(5,6)7/h10-11,13-16,20H,8-9,12,32H2,1-7H3. The Kier molecular flexibility index (Phi) is 6.72. The highest BCUT2D eigenvalue weighted by Crippen LogP contribution is 2.46. The molecule has 34 heavy (non-hydrogen) atoms. The number of ether oxygens (including phenoxy) is 2. The van der Waals surface area contributed by atoms with E-state index in [9.17, 15) is 0 Å². The highest BCUT2D eigenvalue weighted by molar-refractivity contribution is 6.31. The fourth-order valence-electron chi connectivity index (χ4n) is 5.29. The second-order valence-electron chi connectivity index (χ2n) is 10.5. The molecule has 0 saturated carbocycles. The van der Waals surface area contributed by atoms with E-state index in [-0.39, 0.29) is 11.7 Å². The molecule has 0 saturated heterocycles. The molecule has 0 fully saturated rings. The molecule has 4 rings (SSSR count). The molecule has 0 spiro atoms. The Balaban J connectivity index is 2.02. The number of nitrogen functional groups attached to an aromatic ring is 1. The maximum Gasteiger partial charge on any atom is 0.122 e. The van der Waals surface area contributed by atoms with Gasteiger partial charge < -0.3 is 15.2 Å². The van der Waals surface area contributed by atoms with Crippen molar-refractivity contribution in [2.45, 2.75) is 73.0 Å². The maximum absolute atomic E-state index is 6.86. The normalized spacial score (nSPS) is 14.5. The van der Waals surface area contributed by atoms with Gasteiger partial charge in [0.1, 0.15) is 5.75 Å². The van der Waals surface area contributed by atoms with Crippen LogP contribution >= 0.6 is 11.6 Å². The number of halogens is 1. The SMILES string of the molecule is Cc1cc(Cl)cc(-c2c(C)c(-c3ccc4c(c3)CCCO4)c(C(C)OC(C)(C)C)c(C)c2N)c1. The van der Waals surface area contributed by atoms with Gasteiger partial charge in [-0.2, -0.15) is 0 Å². The number of hydrogen-bond acceptors (Lipinski definition) is 3. The van der Waals surface area contributed by atoms with E-state index < -0.39 is 0 Å². The highest BCUT2D eigenvalue weighted by atomic mass is 35.5. The van der Waals surface area contributed by atoms with Crippen LogP contribution < -0.4 is 10.5 Å². The van der Waals surface area contributed by atoms with E-state index in [0.29, 0.717) is 5.02 Å². The number of fused-ring (bicyclic) bond motifs is 1. The predicted octanol–water partition coefficient (Wildman–Crippen LogP) is 8.38. The third kappa shape index (κ3) is 4.82. The second-order valence-corrected chi connectivity index (χ2v) is 10.9. The van der Waals surface area contributed by atoms with E-state index in [4.69, 9.17) is 26.8 Å². The topological polar surface area (TPSA) is 44.5 Å². The first-order valence-corrected chi connectivity index (χ1v) is 12.5. The van der Waals surface area contributed by atoms with Crippen LogP contribution in [0.4, 0.5) is 5.69 Å². The van der Waals surface area contributed by atoms with Crippen molar-refractivity contribution in [3.8, 4) is 28.0 Å². The van der Waals surface area contributed by atoms with Gasteiger partial charge >= 0.3 is 0 Å². The summed E-state index contributed by atoms with van der Waals surface area (Å²) in [5, 5.41) is 0.715. The molecule has 1 heterocycles. The van der Waals surface area contributed by atoms with Gasteiger partial charge in [-0.05, 0) is 130 Å². The minimum absolute atomic E-state index is 0.126. The van der Waals surface area contributed by atoms with Crippen molar-refractivity contribution < 1.29 is 9.47 Å². The molecule has 1 atom stereocenters. The summed E-state index contributed by atoms with van der Waals surface area (Å²) >= 11 is 6.46. The first kappa shape index (κ1) is 24.6. The van der Waals surface area contributed by atoms with Crippen molar-refractivity contribution in [1.29, 1.82) is 0 Å². The van der Waals surface area contributed by atoms with Crippen molar-refractivity contribution in [1.82, 2.24) is 0 Å². The van der Waals surface area contributed by atoms with Crippen LogP contribution in [0.1, 0.15) is 68.0 Å². The summed E-state index contributed by atoms with van der Waals surface area (Å²) in [4.78, 5) is 0. The zero-order valence-electron chi connectivity index (χ0n) is 21.4. The molecular formula is C30H36ClNO2. The number of anilines is 1. The molecule has 0 aromatic heterocycles. The lowest BCUT2D eigenvalue weighted by Gasteiger charge is -2.31. The van der Waals surface area contributed by atoms with Gasteiger partial charge in [0.05, 0.1) is 18.3 Å². The maximum atomic E-state index is 6.86. The molecule has 180 valence electrons. The summed E-state index contributed by atoms with van der Waals surface area (Å²) in [6, 6.07) is 12.7. The lowest BCUT2D eigenvalue weighted by Crippen LogP contribution is -2.22.